The smallest absolute Gasteiger partial charge is 0.149 e. The van der Waals surface area contributed by atoms with E-state index in [9.17, 15) is 0 Å². The lowest BCUT2D eigenvalue weighted by atomic mass is 10.3. The average molecular weight is 323 g/mol. The second-order valence-electron chi connectivity index (χ2n) is 5.55. The first-order valence-corrected chi connectivity index (χ1v) is 11.4. The number of rotatable bonds is 0. The molecule has 0 N–H and O–H groups in total. The van der Waals surface area contributed by atoms with Gasteiger partial charge in [-0.25, -0.2) is 0 Å². The first-order valence-electron chi connectivity index (χ1n) is 7.09. The van der Waals surface area contributed by atoms with Gasteiger partial charge in [-0.2, -0.15) is 0 Å². The van der Waals surface area contributed by atoms with Crippen molar-refractivity contribution in [2.45, 2.75) is 0 Å². The monoisotopic (exact) mass is 322 g/mol. The van der Waals surface area contributed by atoms with E-state index < -0.39 is 15.3 Å². The van der Waals surface area contributed by atoms with Gasteiger partial charge in [0.2, 0.25) is 7.38 Å². The zero-order valence-electron chi connectivity index (χ0n) is 11.3. The molecule has 3 aliphatic rings. The third kappa shape index (κ3) is 1.35. The van der Waals surface area contributed by atoms with Crippen molar-refractivity contribution in [2.24, 2.45) is 0 Å². The van der Waals surface area contributed by atoms with Crippen LogP contribution in [-0.2, 0) is 0 Å². The van der Waals surface area contributed by atoms with Gasteiger partial charge in [-0.3, -0.25) is 0 Å². The van der Waals surface area contributed by atoms with Crippen molar-refractivity contribution in [3.63, 3.8) is 0 Å². The highest BCUT2D eigenvalue weighted by Gasteiger charge is 2.52. The van der Waals surface area contributed by atoms with Crippen molar-refractivity contribution < 1.29 is 0 Å². The van der Waals surface area contributed by atoms with Crippen LogP contribution in [0.5, 0.6) is 0 Å². The highest BCUT2D eigenvalue weighted by atomic mass is 35.6. The zero-order chi connectivity index (χ0) is 14.0. The van der Waals surface area contributed by atoms with Crippen LogP contribution >= 0.6 is 19.0 Å². The standard InChI is InChI=1S/C18H12ClPSi/c19-21-16-10-4-1-7-13(16)20(14-8-2-5-11-17(14)21)15-9-3-6-12-18(15)21/h1-12H. The summed E-state index contributed by atoms with van der Waals surface area (Å²) in [5, 5.41) is 8.67. The van der Waals surface area contributed by atoms with Gasteiger partial charge in [0.15, 0.2) is 0 Å². The molecule has 0 radical (unpaired) electrons. The summed E-state index contributed by atoms with van der Waals surface area (Å²) < 4.78 is 0. The summed E-state index contributed by atoms with van der Waals surface area (Å²) in [6, 6.07) is 26.5. The average Bonchev–Trinajstić information content (AvgIpc) is 2.56. The summed E-state index contributed by atoms with van der Waals surface area (Å²) in [5.74, 6) is 0. The molecule has 0 saturated carbocycles. The third-order valence-corrected chi connectivity index (χ3v) is 13.2. The Kier molecular flexibility index (Phi) is 2.36. The molecule has 3 heteroatoms. The summed E-state index contributed by atoms with van der Waals surface area (Å²) in [4.78, 5) is 0. The fourth-order valence-electron chi connectivity index (χ4n) is 3.70. The number of halogens is 1. The van der Waals surface area contributed by atoms with E-state index in [2.05, 4.69) is 72.8 Å². The lowest BCUT2D eigenvalue weighted by Crippen LogP contribution is -2.78. The molecule has 3 aromatic rings. The molecule has 3 aromatic carbocycles. The normalized spacial score (nSPS) is 24.1. The Labute approximate surface area is 130 Å². The predicted octanol–water partition coefficient (Wildman–Crippen LogP) is 1.28. The molecular weight excluding hydrogens is 311 g/mol. The second kappa shape index (κ2) is 4.07. The number of hydrogen-bond acceptors (Lipinski definition) is 0. The minimum atomic E-state index is -2.32. The van der Waals surface area contributed by atoms with Crippen molar-refractivity contribution in [3.05, 3.63) is 72.8 Å². The van der Waals surface area contributed by atoms with E-state index in [4.69, 9.17) is 11.1 Å². The molecule has 0 spiro atoms. The molecule has 0 nitrogen and oxygen atoms in total. The molecule has 0 saturated heterocycles. The van der Waals surface area contributed by atoms with Crippen molar-refractivity contribution in [1.82, 2.24) is 0 Å². The van der Waals surface area contributed by atoms with E-state index in [0.717, 1.165) is 0 Å². The first kappa shape index (κ1) is 12.2. The Morgan fingerprint density at radius 3 is 1.29 bits per heavy atom. The van der Waals surface area contributed by atoms with Crippen LogP contribution in [-0.4, -0.2) is 7.38 Å². The van der Waals surface area contributed by atoms with E-state index >= 15 is 0 Å². The molecule has 2 bridgehead atoms. The highest BCUT2D eigenvalue weighted by molar-refractivity contribution is 7.84. The maximum Gasteiger partial charge on any atom is 0.249 e. The molecule has 0 atom stereocenters. The fourth-order valence-corrected chi connectivity index (χ4v) is 13.9. The Morgan fingerprint density at radius 2 is 0.905 bits per heavy atom. The lowest BCUT2D eigenvalue weighted by Gasteiger charge is -2.45. The molecule has 3 heterocycles. The summed E-state index contributed by atoms with van der Waals surface area (Å²) in [6.45, 7) is 0. The van der Waals surface area contributed by atoms with Crippen LogP contribution in [0.2, 0.25) is 0 Å². The first-order chi connectivity index (χ1) is 10.3. The van der Waals surface area contributed by atoms with Gasteiger partial charge in [0.05, 0.1) is 0 Å². The molecule has 0 fully saturated rings. The van der Waals surface area contributed by atoms with E-state index in [1.165, 1.54) is 31.5 Å². The summed E-state index contributed by atoms with van der Waals surface area (Å²) >= 11 is 7.44. The van der Waals surface area contributed by atoms with Crippen molar-refractivity contribution >= 4 is 57.9 Å². The summed E-state index contributed by atoms with van der Waals surface area (Å²) in [5.41, 5.74) is 0. The largest absolute Gasteiger partial charge is 0.249 e. The van der Waals surface area contributed by atoms with Crippen LogP contribution in [0.3, 0.4) is 0 Å². The quantitative estimate of drug-likeness (QED) is 0.332. The molecule has 0 amide bonds. The lowest BCUT2D eigenvalue weighted by molar-refractivity contribution is 1.72. The van der Waals surface area contributed by atoms with Gasteiger partial charge in [-0.1, -0.05) is 72.8 Å². The number of hydrogen-bond donors (Lipinski definition) is 0. The Bertz CT molecular complexity index is 774. The van der Waals surface area contributed by atoms with Crippen LogP contribution in [0, 0.1) is 0 Å². The van der Waals surface area contributed by atoms with Crippen LogP contribution in [0.25, 0.3) is 0 Å². The van der Waals surface area contributed by atoms with Gasteiger partial charge in [-0.15, -0.1) is 11.1 Å². The minimum absolute atomic E-state index is 0.433. The summed E-state index contributed by atoms with van der Waals surface area (Å²) in [7, 11) is -2.75. The van der Waals surface area contributed by atoms with Gasteiger partial charge < -0.3 is 0 Å². The molecule has 100 valence electrons. The van der Waals surface area contributed by atoms with Crippen LogP contribution in [0.15, 0.2) is 72.8 Å². The summed E-state index contributed by atoms with van der Waals surface area (Å²) in [6.07, 6.45) is 0. The van der Waals surface area contributed by atoms with Crippen molar-refractivity contribution in [2.75, 3.05) is 0 Å². The van der Waals surface area contributed by atoms with E-state index in [0.29, 0.717) is 0 Å². The van der Waals surface area contributed by atoms with Crippen LogP contribution in [0.4, 0.5) is 0 Å². The van der Waals surface area contributed by atoms with Crippen molar-refractivity contribution in [1.29, 1.82) is 0 Å². The topological polar surface area (TPSA) is 0 Å². The SMILES string of the molecule is Cl[Si]12c3ccccc3P(c3ccccc31)c1ccccc12. The van der Waals surface area contributed by atoms with E-state index in [-0.39, 0.29) is 0 Å². The molecule has 6 rings (SSSR count). The van der Waals surface area contributed by atoms with E-state index in [1.807, 2.05) is 0 Å². The molecule has 0 aromatic heterocycles. The predicted molar refractivity (Wildman–Crippen MR) is 95.7 cm³/mol. The fraction of sp³-hybridized carbons (Fsp3) is 0. The Morgan fingerprint density at radius 1 is 0.571 bits per heavy atom. The maximum absolute atomic E-state index is 7.44. The Hall–Kier alpha value is -1.40. The van der Waals surface area contributed by atoms with Gasteiger partial charge in [0.1, 0.15) is 0 Å². The molecule has 21 heavy (non-hydrogen) atoms. The van der Waals surface area contributed by atoms with Crippen LogP contribution < -0.4 is 31.5 Å². The Balaban J connectivity index is 2.00. The molecule has 0 unspecified atom stereocenters. The van der Waals surface area contributed by atoms with Gasteiger partial charge in [-0.05, 0) is 39.4 Å². The maximum atomic E-state index is 7.44. The van der Waals surface area contributed by atoms with Gasteiger partial charge in [0, 0.05) is 0 Å². The van der Waals surface area contributed by atoms with Crippen LogP contribution in [0.1, 0.15) is 0 Å². The van der Waals surface area contributed by atoms with Gasteiger partial charge >= 0.3 is 0 Å². The molecular formula is C18H12ClPSi. The van der Waals surface area contributed by atoms with Crippen molar-refractivity contribution in [3.8, 4) is 0 Å². The highest BCUT2D eigenvalue weighted by Crippen LogP contribution is 2.39. The number of benzene rings is 3. The van der Waals surface area contributed by atoms with E-state index in [1.54, 1.807) is 0 Å². The third-order valence-electron chi connectivity index (χ3n) is 4.55. The minimum Gasteiger partial charge on any atom is -0.149 e. The molecule has 3 aliphatic heterocycles. The van der Waals surface area contributed by atoms with Gasteiger partial charge in [0.25, 0.3) is 0 Å². The second-order valence-corrected chi connectivity index (χ2v) is 12.3. The zero-order valence-corrected chi connectivity index (χ0v) is 13.9. The molecule has 0 aliphatic carbocycles.